The van der Waals surface area contributed by atoms with Gasteiger partial charge in [0.2, 0.25) is 0 Å². The number of piperidine rings is 1. The van der Waals surface area contributed by atoms with E-state index in [4.69, 9.17) is 5.11 Å². The van der Waals surface area contributed by atoms with Gasteiger partial charge >= 0.3 is 5.97 Å². The molecule has 1 heterocycles. The molecule has 0 saturated carbocycles. The van der Waals surface area contributed by atoms with E-state index in [1.54, 1.807) is 0 Å². The molecule has 16 heavy (non-hydrogen) atoms. The topological polar surface area (TPSA) is 40.5 Å². The third-order valence-electron chi connectivity index (χ3n) is 4.45. The van der Waals surface area contributed by atoms with E-state index in [1.807, 2.05) is 6.92 Å². The van der Waals surface area contributed by atoms with Crippen LogP contribution >= 0.6 is 0 Å². The molecule has 1 saturated heterocycles. The van der Waals surface area contributed by atoms with Crippen LogP contribution in [-0.2, 0) is 4.79 Å². The second kappa shape index (κ2) is 5.67. The maximum absolute atomic E-state index is 10.7. The zero-order chi connectivity index (χ0) is 12.2. The first-order chi connectivity index (χ1) is 7.53. The Hall–Kier alpha value is -0.570. The van der Waals surface area contributed by atoms with Gasteiger partial charge in [-0.05, 0) is 38.3 Å². The van der Waals surface area contributed by atoms with Gasteiger partial charge in [0.25, 0.3) is 0 Å². The molecule has 0 amide bonds. The van der Waals surface area contributed by atoms with E-state index in [-0.39, 0.29) is 12.5 Å². The molecule has 0 aromatic rings. The quantitative estimate of drug-likeness (QED) is 0.785. The predicted octanol–water partition coefficient (Wildman–Crippen LogP) is 2.75. The summed E-state index contributed by atoms with van der Waals surface area (Å²) in [5, 5.41) is 8.78. The van der Waals surface area contributed by atoms with Crippen molar-refractivity contribution in [2.45, 2.75) is 58.9 Å². The fourth-order valence-electron chi connectivity index (χ4n) is 2.78. The molecule has 0 aromatic heterocycles. The molecule has 1 rings (SSSR count). The summed E-state index contributed by atoms with van der Waals surface area (Å²) >= 11 is 0. The highest BCUT2D eigenvalue weighted by molar-refractivity contribution is 5.67. The van der Waals surface area contributed by atoms with Crippen LogP contribution in [0.5, 0.6) is 0 Å². The standard InChI is InChI=1S/C13H25NO2/c1-4-13(5-2)6-8-14(9-7-13)11(3)10-12(15)16/h11H,4-10H2,1-3H3,(H,15,16). The van der Waals surface area contributed by atoms with Crippen molar-refractivity contribution in [2.24, 2.45) is 5.41 Å². The molecule has 1 aliphatic rings. The molecule has 1 fully saturated rings. The number of carboxylic acids is 1. The van der Waals surface area contributed by atoms with Crippen LogP contribution in [0, 0.1) is 5.41 Å². The van der Waals surface area contributed by atoms with Gasteiger partial charge in [-0.2, -0.15) is 0 Å². The minimum absolute atomic E-state index is 0.184. The minimum Gasteiger partial charge on any atom is -0.481 e. The molecular weight excluding hydrogens is 202 g/mol. The van der Waals surface area contributed by atoms with E-state index in [0.717, 1.165) is 13.1 Å². The molecule has 0 spiro atoms. The molecule has 0 aromatic carbocycles. The first-order valence-electron chi connectivity index (χ1n) is 6.49. The number of carboxylic acid groups (broad SMARTS) is 1. The second-order valence-corrected chi connectivity index (χ2v) is 5.19. The lowest BCUT2D eigenvalue weighted by molar-refractivity contribution is -0.138. The van der Waals surface area contributed by atoms with Crippen LogP contribution in [-0.4, -0.2) is 35.1 Å². The summed E-state index contributed by atoms with van der Waals surface area (Å²) < 4.78 is 0. The fourth-order valence-corrected chi connectivity index (χ4v) is 2.78. The van der Waals surface area contributed by atoms with E-state index in [2.05, 4.69) is 18.7 Å². The third kappa shape index (κ3) is 3.21. The average Bonchev–Trinajstić information content (AvgIpc) is 2.28. The van der Waals surface area contributed by atoms with E-state index in [9.17, 15) is 4.79 Å². The van der Waals surface area contributed by atoms with E-state index in [0.29, 0.717) is 5.41 Å². The first kappa shape index (κ1) is 13.5. The lowest BCUT2D eigenvalue weighted by Gasteiger charge is -2.43. The van der Waals surface area contributed by atoms with Gasteiger partial charge in [-0.25, -0.2) is 0 Å². The van der Waals surface area contributed by atoms with Gasteiger partial charge in [0.05, 0.1) is 6.42 Å². The van der Waals surface area contributed by atoms with Crippen molar-refractivity contribution < 1.29 is 9.90 Å². The van der Waals surface area contributed by atoms with E-state index < -0.39 is 5.97 Å². The minimum atomic E-state index is -0.685. The number of carbonyl (C=O) groups is 1. The normalized spacial score (nSPS) is 22.9. The van der Waals surface area contributed by atoms with Crippen LogP contribution in [0.2, 0.25) is 0 Å². The molecule has 1 aliphatic heterocycles. The van der Waals surface area contributed by atoms with Crippen molar-refractivity contribution >= 4 is 5.97 Å². The Bertz CT molecular complexity index is 226. The number of aliphatic carboxylic acids is 1. The largest absolute Gasteiger partial charge is 0.481 e. The Labute approximate surface area is 98.8 Å². The molecule has 0 radical (unpaired) electrons. The molecule has 0 aliphatic carbocycles. The van der Waals surface area contributed by atoms with Crippen molar-refractivity contribution in [3.8, 4) is 0 Å². The molecular formula is C13H25NO2. The lowest BCUT2D eigenvalue weighted by atomic mass is 9.74. The van der Waals surface area contributed by atoms with Gasteiger partial charge in [-0.1, -0.05) is 26.7 Å². The van der Waals surface area contributed by atoms with Crippen LogP contribution in [0.15, 0.2) is 0 Å². The van der Waals surface area contributed by atoms with Gasteiger partial charge in [-0.3, -0.25) is 4.79 Å². The third-order valence-corrected chi connectivity index (χ3v) is 4.45. The number of hydrogen-bond donors (Lipinski definition) is 1. The number of nitrogens with zero attached hydrogens (tertiary/aromatic N) is 1. The van der Waals surface area contributed by atoms with Crippen LogP contribution in [0.25, 0.3) is 0 Å². The fraction of sp³-hybridized carbons (Fsp3) is 0.923. The molecule has 3 heteroatoms. The first-order valence-corrected chi connectivity index (χ1v) is 6.49. The van der Waals surface area contributed by atoms with Crippen LogP contribution in [0.3, 0.4) is 0 Å². The Kier molecular flexibility index (Phi) is 4.78. The molecule has 3 nitrogen and oxygen atoms in total. The number of rotatable bonds is 5. The van der Waals surface area contributed by atoms with E-state index >= 15 is 0 Å². The summed E-state index contributed by atoms with van der Waals surface area (Å²) in [6.45, 7) is 8.71. The van der Waals surface area contributed by atoms with Gasteiger partial charge < -0.3 is 10.0 Å². The molecule has 94 valence electrons. The zero-order valence-electron chi connectivity index (χ0n) is 10.8. The highest BCUT2D eigenvalue weighted by Gasteiger charge is 2.32. The average molecular weight is 227 g/mol. The monoisotopic (exact) mass is 227 g/mol. The number of hydrogen-bond acceptors (Lipinski definition) is 2. The van der Waals surface area contributed by atoms with Gasteiger partial charge in [0.15, 0.2) is 0 Å². The summed E-state index contributed by atoms with van der Waals surface area (Å²) in [5.41, 5.74) is 0.527. The Morgan fingerprint density at radius 2 is 1.81 bits per heavy atom. The molecule has 1 N–H and O–H groups in total. The SMILES string of the molecule is CCC1(CC)CCN(C(C)CC(=O)O)CC1. The van der Waals surface area contributed by atoms with Crippen LogP contribution in [0.1, 0.15) is 52.9 Å². The lowest BCUT2D eigenvalue weighted by Crippen LogP contribution is -2.44. The smallest absolute Gasteiger partial charge is 0.304 e. The summed E-state index contributed by atoms with van der Waals surface area (Å²) in [6.07, 6.45) is 5.23. The van der Waals surface area contributed by atoms with Crippen molar-refractivity contribution in [3.63, 3.8) is 0 Å². The summed E-state index contributed by atoms with van der Waals surface area (Å²) in [6, 6.07) is 0.184. The van der Waals surface area contributed by atoms with Gasteiger partial charge in [-0.15, -0.1) is 0 Å². The van der Waals surface area contributed by atoms with Gasteiger partial charge in [0, 0.05) is 6.04 Å². The Morgan fingerprint density at radius 1 is 1.31 bits per heavy atom. The molecule has 1 unspecified atom stereocenters. The summed E-state index contributed by atoms with van der Waals surface area (Å²) in [4.78, 5) is 13.0. The Morgan fingerprint density at radius 3 is 2.19 bits per heavy atom. The predicted molar refractivity (Wildman–Crippen MR) is 65.5 cm³/mol. The van der Waals surface area contributed by atoms with Crippen LogP contribution in [0.4, 0.5) is 0 Å². The molecule has 1 atom stereocenters. The zero-order valence-corrected chi connectivity index (χ0v) is 10.8. The van der Waals surface area contributed by atoms with Crippen LogP contribution < -0.4 is 0 Å². The maximum atomic E-state index is 10.7. The number of likely N-dealkylation sites (tertiary alicyclic amines) is 1. The highest BCUT2D eigenvalue weighted by Crippen LogP contribution is 2.38. The van der Waals surface area contributed by atoms with Crippen molar-refractivity contribution in [1.29, 1.82) is 0 Å². The summed E-state index contributed by atoms with van der Waals surface area (Å²) in [5.74, 6) is -0.685. The van der Waals surface area contributed by atoms with Crippen molar-refractivity contribution in [1.82, 2.24) is 4.90 Å². The van der Waals surface area contributed by atoms with E-state index in [1.165, 1.54) is 25.7 Å². The molecule has 0 bridgehead atoms. The summed E-state index contributed by atoms with van der Waals surface area (Å²) in [7, 11) is 0. The van der Waals surface area contributed by atoms with Gasteiger partial charge in [0.1, 0.15) is 0 Å². The van der Waals surface area contributed by atoms with Crippen molar-refractivity contribution in [3.05, 3.63) is 0 Å². The second-order valence-electron chi connectivity index (χ2n) is 5.19. The van der Waals surface area contributed by atoms with Crippen molar-refractivity contribution in [2.75, 3.05) is 13.1 Å². The Balaban J connectivity index is 2.45. The highest BCUT2D eigenvalue weighted by atomic mass is 16.4. The maximum Gasteiger partial charge on any atom is 0.304 e.